The van der Waals surface area contributed by atoms with E-state index in [0.29, 0.717) is 15.7 Å². The number of thioether (sulfide) groups is 1. The Morgan fingerprint density at radius 3 is 2.89 bits per heavy atom. The van der Waals surface area contributed by atoms with Crippen LogP contribution in [0.2, 0.25) is 5.02 Å². The Hall–Kier alpha value is -2.57. The van der Waals surface area contributed by atoms with E-state index in [0.717, 1.165) is 22.2 Å². The van der Waals surface area contributed by atoms with E-state index in [1.807, 2.05) is 60.9 Å². The second-order valence-electron chi connectivity index (χ2n) is 6.29. The lowest BCUT2D eigenvalue weighted by Crippen LogP contribution is -2.14. The maximum atomic E-state index is 13.0. The molecule has 0 saturated carbocycles. The second-order valence-corrected chi connectivity index (χ2v) is 8.00. The van der Waals surface area contributed by atoms with Gasteiger partial charge in [0.05, 0.1) is 10.9 Å². The molecule has 7 heteroatoms. The van der Waals surface area contributed by atoms with E-state index in [-0.39, 0.29) is 11.0 Å². The average Bonchev–Trinajstić information content (AvgIpc) is 3.30. The van der Waals surface area contributed by atoms with Gasteiger partial charge in [-0.05, 0) is 37.6 Å². The Morgan fingerprint density at radius 1 is 1.26 bits per heavy atom. The van der Waals surface area contributed by atoms with E-state index >= 15 is 0 Å². The molecule has 0 aliphatic rings. The van der Waals surface area contributed by atoms with Gasteiger partial charge in [-0.3, -0.25) is 9.36 Å². The van der Waals surface area contributed by atoms with Crippen LogP contribution in [0.4, 0.5) is 0 Å². The Kier molecular flexibility index (Phi) is 4.76. The third kappa shape index (κ3) is 3.38. The van der Waals surface area contributed by atoms with Gasteiger partial charge in [0.1, 0.15) is 6.33 Å². The van der Waals surface area contributed by atoms with Gasteiger partial charge < -0.3 is 4.98 Å². The standard InChI is InChI=1S/C20H17ClN4OS/c1-12-7-8-14(9-17(12)21)25-11-23-24-20(25)27-13(2)19(26)16-10-22-18-6-4-3-5-15(16)18/h3-11,13,22H,1-2H3/t13-/m1/s1. The first-order valence-corrected chi connectivity index (χ1v) is 9.74. The van der Waals surface area contributed by atoms with E-state index in [1.54, 1.807) is 12.5 Å². The number of para-hydroxylation sites is 1. The number of Topliss-reactive ketones (excluding diaryl/α,β-unsaturated/α-hetero) is 1. The first-order valence-electron chi connectivity index (χ1n) is 8.48. The summed E-state index contributed by atoms with van der Waals surface area (Å²) in [4.78, 5) is 16.1. The van der Waals surface area contributed by atoms with Gasteiger partial charge in [0.15, 0.2) is 10.9 Å². The molecule has 4 aromatic rings. The molecule has 0 saturated heterocycles. The van der Waals surface area contributed by atoms with Crippen LogP contribution in [-0.4, -0.2) is 30.8 Å². The molecule has 27 heavy (non-hydrogen) atoms. The highest BCUT2D eigenvalue weighted by Gasteiger charge is 2.22. The number of aromatic amines is 1. The molecule has 1 atom stereocenters. The van der Waals surface area contributed by atoms with Gasteiger partial charge in [-0.25, -0.2) is 0 Å². The van der Waals surface area contributed by atoms with Crippen molar-refractivity contribution in [2.45, 2.75) is 24.3 Å². The highest BCUT2D eigenvalue weighted by Crippen LogP contribution is 2.29. The first kappa shape index (κ1) is 17.8. The molecule has 0 spiro atoms. The largest absolute Gasteiger partial charge is 0.360 e. The third-order valence-corrected chi connectivity index (χ3v) is 5.92. The fourth-order valence-corrected chi connectivity index (χ4v) is 4.00. The van der Waals surface area contributed by atoms with Crippen molar-refractivity contribution in [3.63, 3.8) is 0 Å². The van der Waals surface area contributed by atoms with Crippen LogP contribution in [0, 0.1) is 6.92 Å². The number of carbonyl (C=O) groups excluding carboxylic acids is 1. The summed E-state index contributed by atoms with van der Waals surface area (Å²) >= 11 is 7.62. The van der Waals surface area contributed by atoms with Crippen molar-refractivity contribution in [2.24, 2.45) is 0 Å². The lowest BCUT2D eigenvalue weighted by atomic mass is 10.1. The fourth-order valence-electron chi connectivity index (χ4n) is 2.92. The number of hydrogen-bond donors (Lipinski definition) is 1. The fraction of sp³-hybridized carbons (Fsp3) is 0.150. The smallest absolute Gasteiger partial charge is 0.196 e. The van der Waals surface area contributed by atoms with E-state index in [1.165, 1.54) is 11.8 Å². The summed E-state index contributed by atoms with van der Waals surface area (Å²) in [5, 5.41) is 10.1. The lowest BCUT2D eigenvalue weighted by molar-refractivity contribution is 0.0995. The predicted molar refractivity (Wildman–Crippen MR) is 109 cm³/mol. The molecule has 0 unspecified atom stereocenters. The molecule has 0 bridgehead atoms. The molecular formula is C20H17ClN4OS. The summed E-state index contributed by atoms with van der Waals surface area (Å²) in [7, 11) is 0. The minimum absolute atomic E-state index is 0.0499. The number of halogens is 1. The minimum atomic E-state index is -0.312. The van der Waals surface area contributed by atoms with Crippen LogP contribution in [-0.2, 0) is 0 Å². The van der Waals surface area contributed by atoms with Gasteiger partial charge >= 0.3 is 0 Å². The maximum absolute atomic E-state index is 13.0. The molecule has 2 aromatic carbocycles. The van der Waals surface area contributed by atoms with Crippen molar-refractivity contribution in [2.75, 3.05) is 0 Å². The SMILES string of the molecule is Cc1ccc(-n2cnnc2S[C@H](C)C(=O)c2c[nH]c3ccccc23)cc1Cl. The van der Waals surface area contributed by atoms with Crippen LogP contribution in [0.25, 0.3) is 16.6 Å². The predicted octanol–water partition coefficient (Wildman–Crippen LogP) is 5.07. The van der Waals surface area contributed by atoms with Crippen molar-refractivity contribution in [3.05, 3.63) is 71.1 Å². The summed E-state index contributed by atoms with van der Waals surface area (Å²) in [5.41, 5.74) is 3.51. The monoisotopic (exact) mass is 396 g/mol. The number of ketones is 1. The number of fused-ring (bicyclic) bond motifs is 1. The number of hydrogen-bond acceptors (Lipinski definition) is 4. The van der Waals surface area contributed by atoms with Crippen molar-refractivity contribution in [3.8, 4) is 5.69 Å². The van der Waals surface area contributed by atoms with Gasteiger partial charge in [-0.1, -0.05) is 47.6 Å². The lowest BCUT2D eigenvalue weighted by Gasteiger charge is -2.11. The number of benzene rings is 2. The molecule has 4 rings (SSSR count). The summed E-state index contributed by atoms with van der Waals surface area (Å²) < 4.78 is 1.84. The number of rotatable bonds is 5. The van der Waals surface area contributed by atoms with Gasteiger partial charge in [-0.15, -0.1) is 10.2 Å². The summed E-state index contributed by atoms with van der Waals surface area (Å²) in [5.74, 6) is 0.0499. The Bertz CT molecular complexity index is 1130. The van der Waals surface area contributed by atoms with Gasteiger partial charge in [0.2, 0.25) is 0 Å². The molecule has 0 amide bonds. The number of H-pyrrole nitrogens is 1. The summed E-state index contributed by atoms with van der Waals surface area (Å²) in [6, 6.07) is 13.6. The summed E-state index contributed by atoms with van der Waals surface area (Å²) in [6.07, 6.45) is 3.40. The van der Waals surface area contributed by atoms with Gasteiger partial charge in [0.25, 0.3) is 0 Å². The highest BCUT2D eigenvalue weighted by molar-refractivity contribution is 8.00. The van der Waals surface area contributed by atoms with E-state index < -0.39 is 0 Å². The number of aromatic nitrogens is 4. The zero-order valence-electron chi connectivity index (χ0n) is 14.8. The van der Waals surface area contributed by atoms with Crippen LogP contribution in [0.3, 0.4) is 0 Å². The van der Waals surface area contributed by atoms with Crippen molar-refractivity contribution in [1.82, 2.24) is 19.7 Å². The molecule has 1 N–H and O–H groups in total. The minimum Gasteiger partial charge on any atom is -0.360 e. The van der Waals surface area contributed by atoms with Gasteiger partial charge in [-0.2, -0.15) is 0 Å². The number of nitrogens with zero attached hydrogens (tertiary/aromatic N) is 3. The zero-order valence-corrected chi connectivity index (χ0v) is 16.4. The normalized spacial score (nSPS) is 12.4. The number of nitrogens with one attached hydrogen (secondary N) is 1. The van der Waals surface area contributed by atoms with Crippen LogP contribution in [0.5, 0.6) is 0 Å². The molecule has 0 radical (unpaired) electrons. The van der Waals surface area contributed by atoms with Gasteiger partial charge in [0, 0.05) is 27.7 Å². The van der Waals surface area contributed by atoms with E-state index in [4.69, 9.17) is 11.6 Å². The Labute approximate surface area is 165 Å². The molecule has 0 aliphatic carbocycles. The molecular weight excluding hydrogens is 380 g/mol. The summed E-state index contributed by atoms with van der Waals surface area (Å²) in [6.45, 7) is 3.84. The van der Waals surface area contributed by atoms with Crippen LogP contribution < -0.4 is 0 Å². The van der Waals surface area contributed by atoms with Crippen LogP contribution in [0.15, 0.2) is 60.1 Å². The van der Waals surface area contributed by atoms with E-state index in [9.17, 15) is 4.79 Å². The topological polar surface area (TPSA) is 63.6 Å². The highest BCUT2D eigenvalue weighted by atomic mass is 35.5. The molecule has 0 fully saturated rings. The molecule has 136 valence electrons. The van der Waals surface area contributed by atoms with Crippen LogP contribution >= 0.6 is 23.4 Å². The third-order valence-electron chi connectivity index (χ3n) is 4.46. The van der Waals surface area contributed by atoms with Crippen molar-refractivity contribution in [1.29, 1.82) is 0 Å². The number of aryl methyl sites for hydroxylation is 1. The Balaban J connectivity index is 1.60. The van der Waals surface area contributed by atoms with Crippen LogP contribution in [0.1, 0.15) is 22.8 Å². The molecule has 5 nitrogen and oxygen atoms in total. The van der Waals surface area contributed by atoms with E-state index in [2.05, 4.69) is 15.2 Å². The number of carbonyl (C=O) groups is 1. The quantitative estimate of drug-likeness (QED) is 0.377. The maximum Gasteiger partial charge on any atom is 0.196 e. The van der Waals surface area contributed by atoms with Crippen molar-refractivity contribution < 1.29 is 4.79 Å². The first-order chi connectivity index (χ1) is 13.0. The molecule has 2 aromatic heterocycles. The Morgan fingerprint density at radius 2 is 2.07 bits per heavy atom. The average molecular weight is 397 g/mol. The zero-order chi connectivity index (χ0) is 19.0. The second kappa shape index (κ2) is 7.21. The molecule has 2 heterocycles. The molecule has 0 aliphatic heterocycles. The van der Waals surface area contributed by atoms with Crippen molar-refractivity contribution >= 4 is 40.0 Å².